The fourth-order valence-corrected chi connectivity index (χ4v) is 3.66. The van der Waals surface area contributed by atoms with E-state index in [1.54, 1.807) is 44.4 Å². The molecule has 0 saturated carbocycles. The molecule has 118 valence electrons. The molecule has 0 radical (unpaired) electrons. The topological polar surface area (TPSA) is 121 Å². The summed E-state index contributed by atoms with van der Waals surface area (Å²) in [5, 5.41) is 11.3. The Hall–Kier alpha value is -2.19. The molecule has 0 aliphatic heterocycles. The van der Waals surface area contributed by atoms with Crippen LogP contribution in [0.1, 0.15) is 13.8 Å². The van der Waals surface area contributed by atoms with Gasteiger partial charge in [-0.1, -0.05) is 12.1 Å². The van der Waals surface area contributed by atoms with Crippen molar-refractivity contribution in [3.63, 3.8) is 0 Å². The summed E-state index contributed by atoms with van der Waals surface area (Å²) in [7, 11) is -3.70. The minimum Gasteiger partial charge on any atom is -0.370 e. The lowest BCUT2D eigenvalue weighted by Gasteiger charge is -2.22. The first-order valence-electron chi connectivity index (χ1n) is 6.77. The van der Waals surface area contributed by atoms with Gasteiger partial charge in [0.05, 0.1) is 4.90 Å². The number of nitrogens with two attached hydrogens (primary N) is 1. The SMILES string of the molecule is CC(NC(=N)N)C(C)NS(=O)(=O)c1cccc2cnccc12. The predicted molar refractivity (Wildman–Crippen MR) is 86.0 cm³/mol. The first kappa shape index (κ1) is 16.2. The number of hydrogen-bond donors (Lipinski definition) is 4. The zero-order chi connectivity index (χ0) is 16.3. The maximum Gasteiger partial charge on any atom is 0.241 e. The summed E-state index contributed by atoms with van der Waals surface area (Å²) in [6, 6.07) is 5.97. The third-order valence-electron chi connectivity index (χ3n) is 3.40. The number of benzene rings is 1. The maximum atomic E-state index is 12.6. The van der Waals surface area contributed by atoms with Crippen LogP contribution in [0.2, 0.25) is 0 Å². The number of sulfonamides is 1. The Balaban J connectivity index is 2.31. The van der Waals surface area contributed by atoms with Gasteiger partial charge in [0, 0.05) is 35.2 Å². The summed E-state index contributed by atoms with van der Waals surface area (Å²) in [5.74, 6) is -0.199. The van der Waals surface area contributed by atoms with Gasteiger partial charge >= 0.3 is 0 Å². The van der Waals surface area contributed by atoms with Gasteiger partial charge in [0.2, 0.25) is 10.0 Å². The minimum atomic E-state index is -3.70. The Morgan fingerprint density at radius 2 is 2.00 bits per heavy atom. The standard InChI is InChI=1S/C14H19N5O2S/c1-9(18-14(15)16)10(2)19-22(20,21)13-5-3-4-11-8-17-7-6-12(11)13/h3-10,19H,1-2H3,(H4,15,16,18). The summed E-state index contributed by atoms with van der Waals surface area (Å²) in [4.78, 5) is 4.20. The van der Waals surface area contributed by atoms with E-state index in [2.05, 4.69) is 15.0 Å². The Morgan fingerprint density at radius 3 is 2.68 bits per heavy atom. The molecule has 0 bridgehead atoms. The van der Waals surface area contributed by atoms with Gasteiger partial charge in [-0.15, -0.1) is 0 Å². The Morgan fingerprint density at radius 1 is 1.27 bits per heavy atom. The smallest absolute Gasteiger partial charge is 0.241 e. The van der Waals surface area contributed by atoms with Gasteiger partial charge in [-0.05, 0) is 26.0 Å². The van der Waals surface area contributed by atoms with Crippen LogP contribution in [-0.4, -0.2) is 31.4 Å². The van der Waals surface area contributed by atoms with E-state index in [1.807, 2.05) is 6.07 Å². The van der Waals surface area contributed by atoms with Gasteiger partial charge in [0.1, 0.15) is 0 Å². The third-order valence-corrected chi connectivity index (χ3v) is 5.02. The number of nitrogens with one attached hydrogen (secondary N) is 3. The van der Waals surface area contributed by atoms with Crippen molar-refractivity contribution in [3.8, 4) is 0 Å². The number of guanidine groups is 1. The number of pyridine rings is 1. The Kier molecular flexibility index (Phi) is 4.62. The first-order chi connectivity index (χ1) is 10.3. The largest absolute Gasteiger partial charge is 0.370 e. The lowest BCUT2D eigenvalue weighted by molar-refractivity contribution is 0.496. The number of hydrogen-bond acceptors (Lipinski definition) is 4. The average Bonchev–Trinajstić information content (AvgIpc) is 2.45. The summed E-state index contributed by atoms with van der Waals surface area (Å²) >= 11 is 0. The van der Waals surface area contributed by atoms with Gasteiger partial charge in [-0.3, -0.25) is 10.4 Å². The van der Waals surface area contributed by atoms with Crippen LogP contribution in [0.4, 0.5) is 0 Å². The van der Waals surface area contributed by atoms with Crippen molar-refractivity contribution in [1.29, 1.82) is 5.41 Å². The maximum absolute atomic E-state index is 12.6. The van der Waals surface area contributed by atoms with Crippen LogP contribution >= 0.6 is 0 Å². The second-order valence-corrected chi connectivity index (χ2v) is 6.79. The van der Waals surface area contributed by atoms with Crippen molar-refractivity contribution in [1.82, 2.24) is 15.0 Å². The van der Waals surface area contributed by atoms with Crippen molar-refractivity contribution in [3.05, 3.63) is 36.7 Å². The van der Waals surface area contributed by atoms with Gasteiger partial charge in [0.25, 0.3) is 0 Å². The second kappa shape index (κ2) is 6.29. The molecule has 0 spiro atoms. The summed E-state index contributed by atoms with van der Waals surface area (Å²) < 4.78 is 27.8. The van der Waals surface area contributed by atoms with Crippen LogP contribution in [0, 0.1) is 5.41 Å². The van der Waals surface area contributed by atoms with Crippen LogP contribution < -0.4 is 15.8 Å². The normalized spacial score (nSPS) is 14.5. The van der Waals surface area contributed by atoms with E-state index in [9.17, 15) is 8.42 Å². The molecule has 5 N–H and O–H groups in total. The van der Waals surface area contributed by atoms with E-state index in [4.69, 9.17) is 11.1 Å². The predicted octanol–water partition coefficient (Wildman–Crippen LogP) is 0.773. The van der Waals surface area contributed by atoms with E-state index < -0.39 is 16.1 Å². The Labute approximate surface area is 129 Å². The molecule has 0 amide bonds. The number of fused-ring (bicyclic) bond motifs is 1. The average molecular weight is 321 g/mol. The van der Waals surface area contributed by atoms with E-state index in [-0.39, 0.29) is 16.9 Å². The molecule has 2 aromatic rings. The molecule has 2 unspecified atom stereocenters. The van der Waals surface area contributed by atoms with E-state index >= 15 is 0 Å². The molecular weight excluding hydrogens is 302 g/mol. The summed E-state index contributed by atoms with van der Waals surface area (Å²) in [6.07, 6.45) is 3.18. The Bertz CT molecular complexity index is 785. The molecule has 8 heteroatoms. The summed E-state index contributed by atoms with van der Waals surface area (Å²) in [5.41, 5.74) is 5.27. The molecule has 7 nitrogen and oxygen atoms in total. The molecule has 0 aliphatic rings. The van der Waals surface area contributed by atoms with Crippen LogP contribution in [0.15, 0.2) is 41.6 Å². The zero-order valence-electron chi connectivity index (χ0n) is 12.4. The highest BCUT2D eigenvalue weighted by molar-refractivity contribution is 7.89. The third kappa shape index (κ3) is 3.52. The molecule has 0 fully saturated rings. The molecule has 22 heavy (non-hydrogen) atoms. The van der Waals surface area contributed by atoms with Crippen molar-refractivity contribution >= 4 is 26.8 Å². The highest BCUT2D eigenvalue weighted by atomic mass is 32.2. The highest BCUT2D eigenvalue weighted by Crippen LogP contribution is 2.22. The first-order valence-corrected chi connectivity index (χ1v) is 8.25. The lowest BCUT2D eigenvalue weighted by atomic mass is 10.2. The molecular formula is C14H19N5O2S. The fourth-order valence-electron chi connectivity index (χ4n) is 2.11. The molecule has 1 aromatic carbocycles. The monoisotopic (exact) mass is 321 g/mol. The number of nitrogens with zero attached hydrogens (tertiary/aromatic N) is 1. The lowest BCUT2D eigenvalue weighted by Crippen LogP contribution is -2.50. The van der Waals surface area contributed by atoms with Crippen molar-refractivity contribution in [2.45, 2.75) is 30.8 Å². The van der Waals surface area contributed by atoms with E-state index in [1.165, 1.54) is 0 Å². The molecule has 2 rings (SSSR count). The van der Waals surface area contributed by atoms with Gasteiger partial charge in [0.15, 0.2) is 5.96 Å². The van der Waals surface area contributed by atoms with Crippen molar-refractivity contribution in [2.24, 2.45) is 5.73 Å². The molecule has 2 atom stereocenters. The molecule has 1 aromatic heterocycles. The molecule has 1 heterocycles. The van der Waals surface area contributed by atoms with Gasteiger partial charge in [-0.2, -0.15) is 0 Å². The van der Waals surface area contributed by atoms with E-state index in [0.29, 0.717) is 5.39 Å². The van der Waals surface area contributed by atoms with Crippen molar-refractivity contribution < 1.29 is 8.42 Å². The van der Waals surface area contributed by atoms with Crippen LogP contribution in [-0.2, 0) is 10.0 Å². The second-order valence-electron chi connectivity index (χ2n) is 5.11. The quantitative estimate of drug-likeness (QED) is 0.479. The van der Waals surface area contributed by atoms with Gasteiger partial charge in [-0.25, -0.2) is 13.1 Å². The summed E-state index contributed by atoms with van der Waals surface area (Å²) in [6.45, 7) is 3.46. The van der Waals surface area contributed by atoms with Crippen LogP contribution in [0.25, 0.3) is 10.8 Å². The van der Waals surface area contributed by atoms with Gasteiger partial charge < -0.3 is 11.1 Å². The fraction of sp³-hybridized carbons (Fsp3) is 0.286. The van der Waals surface area contributed by atoms with Crippen LogP contribution in [0.5, 0.6) is 0 Å². The minimum absolute atomic E-state index is 0.199. The number of aromatic nitrogens is 1. The zero-order valence-corrected chi connectivity index (χ0v) is 13.2. The van der Waals surface area contributed by atoms with E-state index in [0.717, 1.165) is 5.39 Å². The number of rotatable bonds is 5. The molecule has 0 aliphatic carbocycles. The highest BCUT2D eigenvalue weighted by Gasteiger charge is 2.23. The van der Waals surface area contributed by atoms with Crippen molar-refractivity contribution in [2.75, 3.05) is 0 Å². The molecule has 0 saturated heterocycles. The van der Waals surface area contributed by atoms with Crippen LogP contribution in [0.3, 0.4) is 0 Å².